The predicted octanol–water partition coefficient (Wildman–Crippen LogP) is 3.47. The van der Waals surface area contributed by atoms with E-state index >= 15 is 0 Å². The fourth-order valence-corrected chi connectivity index (χ4v) is 1.86. The van der Waals surface area contributed by atoms with Crippen molar-refractivity contribution in [2.75, 3.05) is 6.54 Å². The Labute approximate surface area is 108 Å². The number of nitrogens with one attached hydrogen (secondary N) is 1. The Morgan fingerprint density at radius 2 is 1.78 bits per heavy atom. The Hall–Kier alpha value is -1.67. The maximum atomic E-state index is 13.0. The average molecular weight is 243 g/mol. The summed E-state index contributed by atoms with van der Waals surface area (Å²) in [4.78, 5) is 0. The number of rotatable bonds is 5. The van der Waals surface area contributed by atoms with E-state index in [0.717, 1.165) is 25.1 Å². The molecule has 0 fully saturated rings. The smallest absolute Gasteiger partial charge is 0.123 e. The largest absolute Gasteiger partial charge is 0.312 e. The SMILES string of the molecule is Cc1ccc(CNCCc2cccc(F)c2)cc1. The molecule has 0 heterocycles. The molecule has 0 saturated carbocycles. The van der Waals surface area contributed by atoms with Gasteiger partial charge in [-0.25, -0.2) is 4.39 Å². The quantitative estimate of drug-likeness (QED) is 0.793. The lowest BCUT2D eigenvalue weighted by molar-refractivity contribution is 0.622. The Kier molecular flexibility index (Phi) is 4.48. The normalized spacial score (nSPS) is 10.6. The van der Waals surface area contributed by atoms with E-state index < -0.39 is 0 Å². The highest BCUT2D eigenvalue weighted by Crippen LogP contribution is 2.05. The summed E-state index contributed by atoms with van der Waals surface area (Å²) in [6.45, 7) is 3.80. The predicted molar refractivity (Wildman–Crippen MR) is 73.0 cm³/mol. The summed E-state index contributed by atoms with van der Waals surface area (Å²) < 4.78 is 13.0. The van der Waals surface area contributed by atoms with E-state index in [1.54, 1.807) is 12.1 Å². The number of aryl methyl sites for hydroxylation is 1. The van der Waals surface area contributed by atoms with Crippen LogP contribution in [-0.2, 0) is 13.0 Å². The summed E-state index contributed by atoms with van der Waals surface area (Å²) in [5.74, 6) is -0.161. The highest BCUT2D eigenvalue weighted by molar-refractivity contribution is 5.21. The molecule has 2 heteroatoms. The molecule has 1 nitrogen and oxygen atoms in total. The van der Waals surface area contributed by atoms with E-state index in [1.165, 1.54) is 17.2 Å². The molecule has 0 bridgehead atoms. The number of hydrogen-bond donors (Lipinski definition) is 1. The van der Waals surface area contributed by atoms with Crippen molar-refractivity contribution in [3.63, 3.8) is 0 Å². The molecule has 0 atom stereocenters. The Morgan fingerprint density at radius 1 is 1.00 bits per heavy atom. The van der Waals surface area contributed by atoms with Gasteiger partial charge in [0.05, 0.1) is 0 Å². The Morgan fingerprint density at radius 3 is 2.50 bits per heavy atom. The molecular weight excluding hydrogens is 225 g/mol. The van der Waals surface area contributed by atoms with Crippen LogP contribution in [0, 0.1) is 12.7 Å². The first kappa shape index (κ1) is 12.8. The minimum atomic E-state index is -0.161. The van der Waals surface area contributed by atoms with Gasteiger partial charge in [0.2, 0.25) is 0 Å². The molecule has 0 aliphatic rings. The van der Waals surface area contributed by atoms with Gasteiger partial charge in [-0.2, -0.15) is 0 Å². The first-order valence-corrected chi connectivity index (χ1v) is 6.25. The Balaban J connectivity index is 1.74. The molecule has 0 aliphatic carbocycles. The summed E-state index contributed by atoms with van der Waals surface area (Å²) in [7, 11) is 0. The lowest BCUT2D eigenvalue weighted by Gasteiger charge is -2.05. The zero-order chi connectivity index (χ0) is 12.8. The molecule has 0 radical (unpaired) electrons. The highest BCUT2D eigenvalue weighted by Gasteiger charge is 1.96. The van der Waals surface area contributed by atoms with Crippen LogP contribution < -0.4 is 5.32 Å². The third-order valence-corrected chi connectivity index (χ3v) is 2.93. The van der Waals surface area contributed by atoms with Gasteiger partial charge < -0.3 is 5.32 Å². The van der Waals surface area contributed by atoms with Gasteiger partial charge in [-0.15, -0.1) is 0 Å². The maximum Gasteiger partial charge on any atom is 0.123 e. The van der Waals surface area contributed by atoms with Gasteiger partial charge in [-0.3, -0.25) is 0 Å². The van der Waals surface area contributed by atoms with Crippen LogP contribution >= 0.6 is 0 Å². The first-order chi connectivity index (χ1) is 8.74. The molecule has 0 saturated heterocycles. The van der Waals surface area contributed by atoms with E-state index in [2.05, 4.69) is 36.5 Å². The van der Waals surface area contributed by atoms with Crippen LogP contribution in [0.4, 0.5) is 4.39 Å². The lowest BCUT2D eigenvalue weighted by Crippen LogP contribution is -2.16. The number of hydrogen-bond acceptors (Lipinski definition) is 1. The molecule has 0 spiro atoms. The van der Waals surface area contributed by atoms with Crippen molar-refractivity contribution in [2.45, 2.75) is 19.9 Å². The molecule has 2 aromatic rings. The van der Waals surface area contributed by atoms with Gasteiger partial charge >= 0.3 is 0 Å². The second-order valence-corrected chi connectivity index (χ2v) is 4.54. The average Bonchev–Trinajstić information content (AvgIpc) is 2.37. The molecule has 0 aromatic heterocycles. The van der Waals surface area contributed by atoms with Crippen LogP contribution in [-0.4, -0.2) is 6.54 Å². The molecule has 1 N–H and O–H groups in total. The van der Waals surface area contributed by atoms with Gasteiger partial charge in [0.15, 0.2) is 0 Å². The molecule has 2 rings (SSSR count). The fourth-order valence-electron chi connectivity index (χ4n) is 1.86. The van der Waals surface area contributed by atoms with Crippen molar-refractivity contribution in [1.82, 2.24) is 5.32 Å². The molecule has 0 aliphatic heterocycles. The summed E-state index contributed by atoms with van der Waals surface area (Å²) in [5.41, 5.74) is 3.59. The molecule has 2 aromatic carbocycles. The van der Waals surface area contributed by atoms with E-state index in [9.17, 15) is 4.39 Å². The third kappa shape index (κ3) is 3.97. The molecular formula is C16H18FN. The highest BCUT2D eigenvalue weighted by atomic mass is 19.1. The molecule has 94 valence electrons. The minimum Gasteiger partial charge on any atom is -0.312 e. The third-order valence-electron chi connectivity index (χ3n) is 2.93. The van der Waals surface area contributed by atoms with Crippen LogP contribution in [0.3, 0.4) is 0 Å². The minimum absolute atomic E-state index is 0.161. The fraction of sp³-hybridized carbons (Fsp3) is 0.250. The van der Waals surface area contributed by atoms with Crippen LogP contribution in [0.15, 0.2) is 48.5 Å². The van der Waals surface area contributed by atoms with Crippen molar-refractivity contribution in [3.8, 4) is 0 Å². The second-order valence-electron chi connectivity index (χ2n) is 4.54. The topological polar surface area (TPSA) is 12.0 Å². The van der Waals surface area contributed by atoms with Gasteiger partial charge in [0.25, 0.3) is 0 Å². The van der Waals surface area contributed by atoms with E-state index in [0.29, 0.717) is 0 Å². The summed E-state index contributed by atoms with van der Waals surface area (Å²) in [6.07, 6.45) is 0.851. The molecule has 0 unspecified atom stereocenters. The van der Waals surface area contributed by atoms with Gasteiger partial charge in [0.1, 0.15) is 5.82 Å². The molecule has 18 heavy (non-hydrogen) atoms. The van der Waals surface area contributed by atoms with Crippen LogP contribution in [0.5, 0.6) is 0 Å². The summed E-state index contributed by atoms with van der Waals surface area (Å²) in [6, 6.07) is 15.3. The van der Waals surface area contributed by atoms with Crippen molar-refractivity contribution in [1.29, 1.82) is 0 Å². The van der Waals surface area contributed by atoms with Crippen LogP contribution in [0.2, 0.25) is 0 Å². The summed E-state index contributed by atoms with van der Waals surface area (Å²) in [5, 5.41) is 3.37. The Bertz CT molecular complexity index is 491. The van der Waals surface area contributed by atoms with Crippen molar-refractivity contribution >= 4 is 0 Å². The second kappa shape index (κ2) is 6.31. The van der Waals surface area contributed by atoms with Crippen LogP contribution in [0.1, 0.15) is 16.7 Å². The zero-order valence-corrected chi connectivity index (χ0v) is 10.6. The zero-order valence-electron chi connectivity index (χ0n) is 10.6. The monoisotopic (exact) mass is 243 g/mol. The van der Waals surface area contributed by atoms with E-state index in [-0.39, 0.29) is 5.82 Å². The summed E-state index contributed by atoms with van der Waals surface area (Å²) >= 11 is 0. The first-order valence-electron chi connectivity index (χ1n) is 6.25. The van der Waals surface area contributed by atoms with Gasteiger partial charge in [0, 0.05) is 6.54 Å². The maximum absolute atomic E-state index is 13.0. The van der Waals surface area contributed by atoms with Gasteiger partial charge in [-0.05, 0) is 43.1 Å². The standard InChI is InChI=1S/C16H18FN/c1-13-5-7-15(8-6-13)12-18-10-9-14-3-2-4-16(17)11-14/h2-8,11,18H,9-10,12H2,1H3. The van der Waals surface area contributed by atoms with E-state index in [1.807, 2.05) is 6.07 Å². The van der Waals surface area contributed by atoms with Crippen LogP contribution in [0.25, 0.3) is 0 Å². The number of halogens is 1. The number of benzene rings is 2. The van der Waals surface area contributed by atoms with Crippen molar-refractivity contribution in [2.24, 2.45) is 0 Å². The van der Waals surface area contributed by atoms with Crippen molar-refractivity contribution in [3.05, 3.63) is 71.0 Å². The van der Waals surface area contributed by atoms with Gasteiger partial charge in [-0.1, -0.05) is 42.0 Å². The molecule has 0 amide bonds. The van der Waals surface area contributed by atoms with E-state index in [4.69, 9.17) is 0 Å². The van der Waals surface area contributed by atoms with Crippen molar-refractivity contribution < 1.29 is 4.39 Å². The lowest BCUT2D eigenvalue weighted by atomic mass is 10.1.